The molecular formula is C27H35N5O4S. The molecule has 3 aliphatic rings. The number of carbonyl (C=O) groups excluding carboxylic acids is 3. The molecule has 4 amide bonds. The van der Waals surface area contributed by atoms with Crippen molar-refractivity contribution >= 4 is 40.9 Å². The first-order chi connectivity index (χ1) is 17.6. The van der Waals surface area contributed by atoms with Crippen LogP contribution in [-0.2, 0) is 16.0 Å². The first-order valence-electron chi connectivity index (χ1n) is 13.1. The number of piperidine rings is 1. The monoisotopic (exact) mass is 525 g/mol. The lowest BCUT2D eigenvalue weighted by molar-refractivity contribution is -0.117. The number of nitrogens with one attached hydrogen (secondary N) is 2. The highest BCUT2D eigenvalue weighted by atomic mass is 32.1. The van der Waals surface area contributed by atoms with Gasteiger partial charge in [-0.2, -0.15) is 0 Å². The van der Waals surface area contributed by atoms with Crippen molar-refractivity contribution in [2.45, 2.75) is 70.9 Å². The van der Waals surface area contributed by atoms with E-state index in [1.807, 2.05) is 49.3 Å². The summed E-state index contributed by atoms with van der Waals surface area (Å²) in [6.45, 7) is 7.38. The Kier molecular flexibility index (Phi) is 7.11. The first kappa shape index (κ1) is 25.5. The van der Waals surface area contributed by atoms with Gasteiger partial charge in [-0.25, -0.2) is 14.6 Å². The van der Waals surface area contributed by atoms with Crippen molar-refractivity contribution < 1.29 is 19.1 Å². The Morgan fingerprint density at radius 2 is 2.00 bits per heavy atom. The zero-order valence-electron chi connectivity index (χ0n) is 21.7. The van der Waals surface area contributed by atoms with Crippen molar-refractivity contribution in [1.82, 2.24) is 15.2 Å². The molecule has 2 fully saturated rings. The zero-order chi connectivity index (χ0) is 26.2. The van der Waals surface area contributed by atoms with Crippen LogP contribution in [-0.4, -0.2) is 59.2 Å². The van der Waals surface area contributed by atoms with Crippen molar-refractivity contribution in [3.8, 4) is 10.6 Å². The number of thiazole rings is 1. The maximum atomic E-state index is 12.6. The molecule has 1 aliphatic carbocycles. The van der Waals surface area contributed by atoms with Crippen LogP contribution < -0.4 is 15.5 Å². The van der Waals surface area contributed by atoms with Crippen LogP contribution in [0.4, 0.5) is 21.1 Å². The molecule has 1 saturated heterocycles. The second kappa shape index (κ2) is 10.3. The molecule has 10 heteroatoms. The number of aromatic nitrogens is 1. The summed E-state index contributed by atoms with van der Waals surface area (Å²) in [7, 11) is 0. The van der Waals surface area contributed by atoms with Crippen molar-refractivity contribution in [2.75, 3.05) is 29.9 Å². The van der Waals surface area contributed by atoms with Crippen LogP contribution in [0.15, 0.2) is 23.6 Å². The fourth-order valence-electron chi connectivity index (χ4n) is 5.04. The Bertz CT molecular complexity index is 1190. The number of rotatable bonds is 5. The minimum Gasteiger partial charge on any atom is -0.444 e. The fraction of sp³-hybridized carbons (Fsp3) is 0.556. The van der Waals surface area contributed by atoms with E-state index < -0.39 is 5.60 Å². The number of benzene rings is 1. The van der Waals surface area contributed by atoms with Crippen LogP contribution in [0.1, 0.15) is 58.4 Å². The number of carbonyl (C=O) groups is 3. The van der Waals surface area contributed by atoms with E-state index in [1.165, 1.54) is 30.6 Å². The van der Waals surface area contributed by atoms with Crippen molar-refractivity contribution in [3.05, 3.63) is 29.1 Å². The molecule has 198 valence electrons. The van der Waals surface area contributed by atoms with Gasteiger partial charge < -0.3 is 19.9 Å². The highest BCUT2D eigenvalue weighted by Crippen LogP contribution is 2.37. The Balaban J connectivity index is 1.17. The highest BCUT2D eigenvalue weighted by molar-refractivity contribution is 7.13. The summed E-state index contributed by atoms with van der Waals surface area (Å²) in [6, 6.07) is 5.57. The van der Waals surface area contributed by atoms with E-state index in [0.717, 1.165) is 41.2 Å². The zero-order valence-corrected chi connectivity index (χ0v) is 22.5. The highest BCUT2D eigenvalue weighted by Gasteiger charge is 2.32. The fourth-order valence-corrected chi connectivity index (χ4v) is 5.79. The number of hydrogen-bond acceptors (Lipinski definition) is 6. The average Bonchev–Trinajstić information content (AvgIpc) is 3.38. The molecule has 2 N–H and O–H groups in total. The molecule has 2 aliphatic heterocycles. The number of hydrogen-bond donors (Lipinski definition) is 2. The van der Waals surface area contributed by atoms with E-state index in [1.54, 1.807) is 4.90 Å². The molecular weight excluding hydrogens is 490 g/mol. The van der Waals surface area contributed by atoms with Crippen LogP contribution in [0.3, 0.4) is 0 Å². The topological polar surface area (TPSA) is 104 Å². The van der Waals surface area contributed by atoms with Gasteiger partial charge in [0.25, 0.3) is 0 Å². The third-order valence-electron chi connectivity index (χ3n) is 7.08. The van der Waals surface area contributed by atoms with Gasteiger partial charge in [0.05, 0.1) is 6.42 Å². The molecule has 0 unspecified atom stereocenters. The number of anilines is 2. The molecule has 0 radical (unpaired) electrons. The second-order valence-corrected chi connectivity index (χ2v) is 12.1. The molecule has 0 spiro atoms. The summed E-state index contributed by atoms with van der Waals surface area (Å²) in [5.41, 5.74) is 2.44. The van der Waals surface area contributed by atoms with Crippen LogP contribution >= 0.6 is 11.3 Å². The standard InChI is InChI=1S/C27H35N5O4S/c1-27(2,3)36-26(35)31-11-5-8-20(15-31)28-25(34)30-22-16-37-24(29-22)18-9-10-21-19(12-18)13-23(33)32(21)14-17-6-4-7-17/h9-10,12,16-17,20H,4-8,11,13-15H2,1-3H3,(H2,28,30,34)/t20-/m0/s1. The Morgan fingerprint density at radius 3 is 2.73 bits per heavy atom. The molecule has 1 aromatic carbocycles. The molecule has 1 atom stereocenters. The van der Waals surface area contributed by atoms with Crippen molar-refractivity contribution in [3.63, 3.8) is 0 Å². The van der Waals surface area contributed by atoms with Gasteiger partial charge in [-0.3, -0.25) is 10.1 Å². The van der Waals surface area contributed by atoms with Gasteiger partial charge in [0.15, 0.2) is 0 Å². The van der Waals surface area contributed by atoms with Gasteiger partial charge in [-0.05, 0) is 76.1 Å². The largest absolute Gasteiger partial charge is 0.444 e. The lowest BCUT2D eigenvalue weighted by Gasteiger charge is -2.34. The van der Waals surface area contributed by atoms with Gasteiger partial charge in [-0.15, -0.1) is 11.3 Å². The molecule has 2 aromatic rings. The minimum atomic E-state index is -0.555. The second-order valence-electron chi connectivity index (χ2n) is 11.2. The third-order valence-corrected chi connectivity index (χ3v) is 7.97. The van der Waals surface area contributed by atoms with Gasteiger partial charge in [-0.1, -0.05) is 6.42 Å². The quantitative estimate of drug-likeness (QED) is 0.571. The summed E-state index contributed by atoms with van der Waals surface area (Å²) in [5, 5.41) is 8.37. The number of ether oxygens (including phenoxy) is 1. The van der Waals surface area contributed by atoms with Crippen molar-refractivity contribution in [2.24, 2.45) is 5.92 Å². The Labute approximate surface area is 221 Å². The molecule has 3 heterocycles. The molecule has 1 aromatic heterocycles. The van der Waals surface area contributed by atoms with Gasteiger partial charge in [0.2, 0.25) is 5.91 Å². The summed E-state index contributed by atoms with van der Waals surface area (Å²) in [5.74, 6) is 1.27. The smallest absolute Gasteiger partial charge is 0.410 e. The maximum Gasteiger partial charge on any atom is 0.410 e. The molecule has 0 bridgehead atoms. The maximum absolute atomic E-state index is 12.6. The molecule has 9 nitrogen and oxygen atoms in total. The van der Waals surface area contributed by atoms with Crippen LogP contribution in [0.2, 0.25) is 0 Å². The Hall–Kier alpha value is -3.14. The lowest BCUT2D eigenvalue weighted by atomic mass is 9.85. The Morgan fingerprint density at radius 1 is 1.19 bits per heavy atom. The predicted molar refractivity (Wildman–Crippen MR) is 144 cm³/mol. The number of urea groups is 1. The van der Waals surface area contributed by atoms with E-state index >= 15 is 0 Å². The van der Waals surface area contributed by atoms with Gasteiger partial charge in [0.1, 0.15) is 16.4 Å². The first-order valence-corrected chi connectivity index (χ1v) is 14.0. The van der Waals surface area contributed by atoms with Gasteiger partial charge in [0, 0.05) is 42.3 Å². The summed E-state index contributed by atoms with van der Waals surface area (Å²) in [4.78, 5) is 45.8. The minimum absolute atomic E-state index is 0.156. The normalized spacial score (nSPS) is 19.9. The van der Waals surface area contributed by atoms with Crippen LogP contribution in [0.25, 0.3) is 10.6 Å². The SMILES string of the molecule is CC(C)(C)OC(=O)N1CCC[C@H](NC(=O)Nc2csc(-c3ccc4c(c3)CC(=O)N4CC3CCC3)n2)C1. The number of fused-ring (bicyclic) bond motifs is 1. The number of amides is 4. The van der Waals surface area contributed by atoms with Crippen LogP contribution in [0, 0.1) is 5.92 Å². The van der Waals surface area contributed by atoms with E-state index in [-0.39, 0.29) is 24.1 Å². The molecule has 37 heavy (non-hydrogen) atoms. The van der Waals surface area contributed by atoms with Crippen molar-refractivity contribution in [1.29, 1.82) is 0 Å². The van der Waals surface area contributed by atoms with E-state index in [0.29, 0.717) is 31.2 Å². The molecule has 5 rings (SSSR count). The van der Waals surface area contributed by atoms with Crippen LogP contribution in [0.5, 0.6) is 0 Å². The van der Waals surface area contributed by atoms with E-state index in [2.05, 4.69) is 15.6 Å². The lowest BCUT2D eigenvalue weighted by Crippen LogP contribution is -2.51. The number of likely N-dealkylation sites (tertiary alicyclic amines) is 1. The van der Waals surface area contributed by atoms with Gasteiger partial charge >= 0.3 is 12.1 Å². The summed E-state index contributed by atoms with van der Waals surface area (Å²) in [6.07, 6.45) is 5.35. The third kappa shape index (κ3) is 6.06. The summed E-state index contributed by atoms with van der Waals surface area (Å²) < 4.78 is 5.46. The average molecular weight is 526 g/mol. The molecule has 1 saturated carbocycles. The predicted octanol–water partition coefficient (Wildman–Crippen LogP) is 5.02. The van der Waals surface area contributed by atoms with E-state index in [4.69, 9.17) is 4.74 Å². The number of nitrogens with zero attached hydrogens (tertiary/aromatic N) is 3. The van der Waals surface area contributed by atoms with E-state index in [9.17, 15) is 14.4 Å². The summed E-state index contributed by atoms with van der Waals surface area (Å²) >= 11 is 1.45.